The van der Waals surface area contributed by atoms with Gasteiger partial charge in [-0.15, -0.1) is 0 Å². The number of thiazole rings is 1. The first-order chi connectivity index (χ1) is 17.4. The highest BCUT2D eigenvalue weighted by Gasteiger charge is 2.22. The zero-order valence-electron chi connectivity index (χ0n) is 19.8. The molecule has 1 aromatic carbocycles. The monoisotopic (exact) mass is 501 g/mol. The fourth-order valence-electron chi connectivity index (χ4n) is 3.72. The molecule has 0 aliphatic heterocycles. The SMILES string of the molecule is CCc1nc2ccc(/C(N)=C/C=C(\N)CC=O)cn2c1N(C)c1nc(-c2ccc(F)cc2)c(C#N)s1. The maximum atomic E-state index is 13.4. The maximum Gasteiger partial charge on any atom is 0.192 e. The summed E-state index contributed by atoms with van der Waals surface area (Å²) >= 11 is 1.25. The molecule has 3 aromatic heterocycles. The second-order valence-corrected chi connectivity index (χ2v) is 8.95. The minimum atomic E-state index is -0.353. The molecule has 0 aliphatic rings. The normalized spacial score (nSPS) is 12.1. The number of aryl methyl sites for hydroxylation is 1. The van der Waals surface area contributed by atoms with Crippen molar-refractivity contribution in [2.24, 2.45) is 11.5 Å². The van der Waals surface area contributed by atoms with E-state index < -0.39 is 0 Å². The second kappa shape index (κ2) is 10.4. The van der Waals surface area contributed by atoms with Crippen LogP contribution in [0.3, 0.4) is 0 Å². The zero-order chi connectivity index (χ0) is 25.8. The van der Waals surface area contributed by atoms with Crippen molar-refractivity contribution < 1.29 is 9.18 Å². The summed E-state index contributed by atoms with van der Waals surface area (Å²) in [4.78, 5) is 22.4. The van der Waals surface area contributed by atoms with Crippen LogP contribution >= 0.6 is 11.3 Å². The summed E-state index contributed by atoms with van der Waals surface area (Å²) in [6, 6.07) is 11.9. The van der Waals surface area contributed by atoms with Crippen LogP contribution in [0.15, 0.2) is 60.4 Å². The molecule has 0 saturated carbocycles. The molecule has 0 atom stereocenters. The molecule has 4 aromatic rings. The van der Waals surface area contributed by atoms with Crippen molar-refractivity contribution in [3.8, 4) is 17.3 Å². The van der Waals surface area contributed by atoms with Gasteiger partial charge in [0.1, 0.15) is 40.2 Å². The first kappa shape index (κ1) is 24.6. The number of rotatable bonds is 8. The summed E-state index contributed by atoms with van der Waals surface area (Å²) in [5.74, 6) is 0.441. The third-order valence-electron chi connectivity index (χ3n) is 5.57. The van der Waals surface area contributed by atoms with Crippen molar-refractivity contribution in [3.63, 3.8) is 0 Å². The Bertz CT molecular complexity index is 1530. The molecule has 3 heterocycles. The van der Waals surface area contributed by atoms with Gasteiger partial charge in [-0.1, -0.05) is 18.3 Å². The maximum absolute atomic E-state index is 13.4. The van der Waals surface area contributed by atoms with Crippen LogP contribution in [0.25, 0.3) is 22.6 Å². The van der Waals surface area contributed by atoms with Gasteiger partial charge in [0.05, 0.1) is 5.69 Å². The number of fused-ring (bicyclic) bond motifs is 1. The van der Waals surface area contributed by atoms with E-state index >= 15 is 0 Å². The van der Waals surface area contributed by atoms with Crippen molar-refractivity contribution in [2.75, 3.05) is 11.9 Å². The van der Waals surface area contributed by atoms with Crippen molar-refractivity contribution in [1.29, 1.82) is 5.26 Å². The number of carbonyl (C=O) groups is 1. The number of carbonyl (C=O) groups excluding carboxylic acids is 1. The Morgan fingerprint density at radius 1 is 1.19 bits per heavy atom. The largest absolute Gasteiger partial charge is 0.402 e. The lowest BCUT2D eigenvalue weighted by Crippen LogP contribution is -2.13. The van der Waals surface area contributed by atoms with Crippen molar-refractivity contribution >= 4 is 39.9 Å². The number of imidazole rings is 1. The molecule has 0 spiro atoms. The summed E-state index contributed by atoms with van der Waals surface area (Å²) in [5, 5.41) is 10.3. The first-order valence-corrected chi connectivity index (χ1v) is 11.9. The molecule has 4 rings (SSSR count). The van der Waals surface area contributed by atoms with Crippen LogP contribution in [-0.4, -0.2) is 27.7 Å². The van der Waals surface area contributed by atoms with Crippen molar-refractivity contribution in [1.82, 2.24) is 14.4 Å². The lowest BCUT2D eigenvalue weighted by molar-refractivity contribution is -0.107. The molecular weight excluding hydrogens is 477 g/mol. The van der Waals surface area contributed by atoms with E-state index in [0.29, 0.717) is 39.1 Å². The van der Waals surface area contributed by atoms with Crippen molar-refractivity contribution in [3.05, 3.63) is 82.4 Å². The van der Waals surface area contributed by atoms with E-state index in [0.717, 1.165) is 29.0 Å². The Kier molecular flexibility index (Phi) is 7.12. The summed E-state index contributed by atoms with van der Waals surface area (Å²) in [7, 11) is 1.87. The Hall–Kier alpha value is -4.49. The number of aldehydes is 1. The summed E-state index contributed by atoms with van der Waals surface area (Å²) < 4.78 is 15.3. The van der Waals surface area contributed by atoms with Gasteiger partial charge in [-0.25, -0.2) is 14.4 Å². The summed E-state index contributed by atoms with van der Waals surface area (Å²) in [6.45, 7) is 2.02. The Balaban J connectivity index is 1.78. The number of halogens is 1. The van der Waals surface area contributed by atoms with Gasteiger partial charge in [-0.3, -0.25) is 4.40 Å². The highest BCUT2D eigenvalue weighted by Crippen LogP contribution is 2.37. The number of nitriles is 1. The van der Waals surface area contributed by atoms with Gasteiger partial charge in [0.25, 0.3) is 0 Å². The van der Waals surface area contributed by atoms with Crippen molar-refractivity contribution in [2.45, 2.75) is 19.8 Å². The van der Waals surface area contributed by atoms with Crippen LogP contribution in [0.1, 0.15) is 29.5 Å². The number of pyridine rings is 1. The van der Waals surface area contributed by atoms with Gasteiger partial charge in [0.15, 0.2) is 5.13 Å². The average molecular weight is 502 g/mol. The second-order valence-electron chi connectivity index (χ2n) is 7.97. The topological polar surface area (TPSA) is 126 Å². The van der Waals surface area contributed by atoms with Crippen LogP contribution in [0, 0.1) is 17.1 Å². The fourth-order valence-corrected chi connectivity index (χ4v) is 4.57. The molecule has 0 radical (unpaired) electrons. The molecule has 10 heteroatoms. The molecule has 8 nitrogen and oxygen atoms in total. The van der Waals surface area contributed by atoms with Crippen LogP contribution in [-0.2, 0) is 11.2 Å². The minimum absolute atomic E-state index is 0.136. The summed E-state index contributed by atoms with van der Waals surface area (Å²) in [6.07, 6.45) is 6.70. The predicted octanol–water partition coefficient (Wildman–Crippen LogP) is 4.53. The van der Waals surface area contributed by atoms with Gasteiger partial charge in [0, 0.05) is 42.2 Å². The van der Waals surface area contributed by atoms with Crippen LogP contribution in [0.2, 0.25) is 0 Å². The summed E-state index contributed by atoms with van der Waals surface area (Å²) in [5.41, 5.74) is 16.5. The quantitative estimate of drug-likeness (QED) is 0.268. The fraction of sp³-hybridized carbons (Fsp3) is 0.154. The van der Waals surface area contributed by atoms with E-state index in [1.54, 1.807) is 24.3 Å². The van der Waals surface area contributed by atoms with Crippen LogP contribution in [0.4, 0.5) is 15.3 Å². The smallest absolute Gasteiger partial charge is 0.192 e. The van der Waals surface area contributed by atoms with E-state index in [-0.39, 0.29) is 12.2 Å². The molecule has 36 heavy (non-hydrogen) atoms. The molecule has 0 aliphatic carbocycles. The molecule has 182 valence electrons. The highest BCUT2D eigenvalue weighted by molar-refractivity contribution is 7.16. The highest BCUT2D eigenvalue weighted by atomic mass is 32.1. The van der Waals surface area contributed by atoms with Gasteiger partial charge < -0.3 is 21.2 Å². The number of hydrogen-bond donors (Lipinski definition) is 2. The molecule has 0 unspecified atom stereocenters. The number of allylic oxidation sites excluding steroid dienone is 3. The van der Waals surface area contributed by atoms with Crippen LogP contribution in [0.5, 0.6) is 0 Å². The number of nitrogens with two attached hydrogens (primary N) is 2. The lowest BCUT2D eigenvalue weighted by atomic mass is 10.1. The Morgan fingerprint density at radius 3 is 2.61 bits per heavy atom. The third kappa shape index (κ3) is 4.82. The molecule has 0 amide bonds. The zero-order valence-corrected chi connectivity index (χ0v) is 20.6. The number of anilines is 2. The molecule has 4 N–H and O–H groups in total. The van der Waals surface area contributed by atoms with E-state index in [1.165, 1.54) is 23.5 Å². The lowest BCUT2D eigenvalue weighted by Gasteiger charge is -2.17. The number of hydrogen-bond acceptors (Lipinski definition) is 8. The van der Waals surface area contributed by atoms with E-state index in [2.05, 4.69) is 6.07 Å². The van der Waals surface area contributed by atoms with E-state index in [9.17, 15) is 14.4 Å². The number of nitrogens with zero attached hydrogens (tertiary/aromatic N) is 5. The van der Waals surface area contributed by atoms with Gasteiger partial charge in [-0.05, 0) is 55.0 Å². The van der Waals surface area contributed by atoms with Crippen LogP contribution < -0.4 is 16.4 Å². The predicted molar refractivity (Wildman–Crippen MR) is 140 cm³/mol. The van der Waals surface area contributed by atoms with E-state index in [1.807, 2.05) is 41.6 Å². The number of aromatic nitrogens is 3. The molecule has 0 fully saturated rings. The van der Waals surface area contributed by atoms with E-state index in [4.69, 9.17) is 21.4 Å². The Morgan fingerprint density at radius 2 is 1.94 bits per heavy atom. The average Bonchev–Trinajstić information content (AvgIpc) is 3.48. The minimum Gasteiger partial charge on any atom is -0.402 e. The first-order valence-electron chi connectivity index (χ1n) is 11.1. The van der Waals surface area contributed by atoms with Gasteiger partial charge in [-0.2, -0.15) is 5.26 Å². The third-order valence-corrected chi connectivity index (χ3v) is 6.60. The standard InChI is InChI=1S/C26H24FN7OS/c1-3-21-25(33(2)26-32-24(22(14-28)36-26)16-4-7-18(27)8-5-16)34-15-17(6-11-23(34)31-21)20(30)10-9-19(29)12-13-35/h4-11,13,15H,3,12,29-30H2,1-2H3/b19-9-,20-10-. The van der Waals surface area contributed by atoms with Gasteiger partial charge >= 0.3 is 0 Å². The molecule has 0 bridgehead atoms. The number of benzene rings is 1. The van der Waals surface area contributed by atoms with Gasteiger partial charge in [0.2, 0.25) is 0 Å². The molecule has 0 saturated heterocycles. The molecular formula is C26H24FN7OS. The Labute approximate surface area is 211 Å².